The van der Waals surface area contributed by atoms with E-state index in [9.17, 15) is 4.79 Å². The Morgan fingerprint density at radius 1 is 1.19 bits per heavy atom. The van der Waals surface area contributed by atoms with E-state index in [0.29, 0.717) is 11.4 Å². The maximum atomic E-state index is 12.1. The van der Waals surface area contributed by atoms with Gasteiger partial charge in [-0.2, -0.15) is 0 Å². The lowest BCUT2D eigenvalue weighted by Crippen LogP contribution is -2.44. The molecule has 5 nitrogen and oxygen atoms in total. The van der Waals surface area contributed by atoms with Gasteiger partial charge in [0.1, 0.15) is 5.82 Å². The average Bonchev–Trinajstić information content (AvgIpc) is 2.97. The minimum atomic E-state index is -0.120. The third kappa shape index (κ3) is 3.40. The van der Waals surface area contributed by atoms with Crippen molar-refractivity contribution in [1.29, 1.82) is 0 Å². The van der Waals surface area contributed by atoms with Crippen molar-refractivity contribution in [2.45, 2.75) is 0 Å². The predicted molar refractivity (Wildman–Crippen MR) is 86.2 cm³/mol. The maximum Gasteiger partial charge on any atom is 0.256 e. The molecule has 0 spiro atoms. The fraction of sp³-hybridized carbons (Fsp3) is 0.333. The number of thiazole rings is 1. The van der Waals surface area contributed by atoms with Gasteiger partial charge >= 0.3 is 0 Å². The van der Waals surface area contributed by atoms with Gasteiger partial charge in [0.15, 0.2) is 5.13 Å². The van der Waals surface area contributed by atoms with Crippen LogP contribution in [0.1, 0.15) is 10.4 Å². The minimum Gasteiger partial charge on any atom is -0.345 e. The third-order valence-corrected chi connectivity index (χ3v) is 4.44. The second kappa shape index (κ2) is 6.24. The van der Waals surface area contributed by atoms with Crippen molar-refractivity contribution >= 4 is 28.2 Å². The van der Waals surface area contributed by atoms with Crippen LogP contribution in [0.3, 0.4) is 0 Å². The van der Waals surface area contributed by atoms with Crippen LogP contribution in [0.4, 0.5) is 10.9 Å². The predicted octanol–water partition coefficient (Wildman–Crippen LogP) is 2.15. The molecule has 0 bridgehead atoms. The number of hydrogen-bond donors (Lipinski definition) is 1. The first-order chi connectivity index (χ1) is 10.2. The van der Waals surface area contributed by atoms with E-state index < -0.39 is 0 Å². The number of carbonyl (C=O) groups excluding carboxylic acids is 1. The highest BCUT2D eigenvalue weighted by Gasteiger charge is 2.17. The van der Waals surface area contributed by atoms with E-state index in [4.69, 9.17) is 0 Å². The van der Waals surface area contributed by atoms with Crippen molar-refractivity contribution < 1.29 is 4.79 Å². The Balaban J connectivity index is 1.64. The zero-order valence-corrected chi connectivity index (χ0v) is 12.8. The maximum absolute atomic E-state index is 12.1. The molecule has 1 saturated heterocycles. The van der Waals surface area contributed by atoms with Crippen LogP contribution in [0.5, 0.6) is 0 Å². The summed E-state index contributed by atoms with van der Waals surface area (Å²) < 4.78 is 0. The molecule has 6 heteroatoms. The van der Waals surface area contributed by atoms with Gasteiger partial charge < -0.3 is 15.1 Å². The highest BCUT2D eigenvalue weighted by molar-refractivity contribution is 7.14. The second-order valence-electron chi connectivity index (χ2n) is 5.13. The summed E-state index contributed by atoms with van der Waals surface area (Å²) in [5.41, 5.74) is 0.645. The molecule has 110 valence electrons. The molecular formula is C15H18N4OS. The fourth-order valence-corrected chi connectivity index (χ4v) is 3.05. The molecule has 2 heterocycles. The van der Waals surface area contributed by atoms with Crippen molar-refractivity contribution in [3.05, 3.63) is 41.3 Å². The molecule has 1 aliphatic rings. The Kier molecular flexibility index (Phi) is 4.17. The highest BCUT2D eigenvalue weighted by Crippen LogP contribution is 2.24. The van der Waals surface area contributed by atoms with Crippen molar-refractivity contribution in [2.75, 3.05) is 43.4 Å². The minimum absolute atomic E-state index is 0.120. The van der Waals surface area contributed by atoms with Gasteiger partial charge in [0.2, 0.25) is 0 Å². The van der Waals surface area contributed by atoms with Gasteiger partial charge in [-0.05, 0) is 19.2 Å². The third-order valence-electron chi connectivity index (χ3n) is 3.54. The van der Waals surface area contributed by atoms with Gasteiger partial charge in [0, 0.05) is 37.1 Å². The number of likely N-dealkylation sites (N-methyl/N-ethyl adjacent to an activating group) is 1. The van der Waals surface area contributed by atoms with Crippen LogP contribution in [0.15, 0.2) is 35.7 Å². The van der Waals surface area contributed by atoms with Gasteiger partial charge in [-0.3, -0.25) is 4.79 Å². The molecule has 1 aromatic carbocycles. The van der Waals surface area contributed by atoms with Crippen LogP contribution in [0, 0.1) is 0 Å². The highest BCUT2D eigenvalue weighted by atomic mass is 32.1. The Morgan fingerprint density at radius 3 is 2.62 bits per heavy atom. The second-order valence-corrected chi connectivity index (χ2v) is 5.96. The van der Waals surface area contributed by atoms with Gasteiger partial charge in [-0.1, -0.05) is 18.2 Å². The summed E-state index contributed by atoms with van der Waals surface area (Å²) in [6.07, 6.45) is 0. The van der Waals surface area contributed by atoms with E-state index >= 15 is 0 Å². The Hall–Kier alpha value is -1.92. The summed E-state index contributed by atoms with van der Waals surface area (Å²) in [4.78, 5) is 21.2. The molecular weight excluding hydrogens is 284 g/mol. The monoisotopic (exact) mass is 302 g/mol. The van der Waals surface area contributed by atoms with E-state index in [2.05, 4.69) is 27.1 Å². The molecule has 2 aromatic rings. The van der Waals surface area contributed by atoms with Gasteiger partial charge in [-0.15, -0.1) is 11.3 Å². The molecule has 21 heavy (non-hydrogen) atoms. The Labute approximate surface area is 128 Å². The first kappa shape index (κ1) is 14.0. The van der Waals surface area contributed by atoms with E-state index in [1.165, 1.54) is 0 Å². The van der Waals surface area contributed by atoms with Crippen molar-refractivity contribution in [2.24, 2.45) is 0 Å². The first-order valence-electron chi connectivity index (χ1n) is 6.98. The Bertz CT molecular complexity index is 605. The zero-order valence-electron chi connectivity index (χ0n) is 12.0. The number of piperazine rings is 1. The van der Waals surface area contributed by atoms with E-state index in [1.807, 2.05) is 23.6 Å². The zero-order chi connectivity index (χ0) is 14.7. The van der Waals surface area contributed by atoms with Crippen LogP contribution < -0.4 is 10.2 Å². The molecule has 0 saturated carbocycles. The van der Waals surface area contributed by atoms with E-state index in [0.717, 1.165) is 31.3 Å². The normalized spacial score (nSPS) is 16.0. The molecule has 1 aliphatic heterocycles. The van der Waals surface area contributed by atoms with Gasteiger partial charge in [-0.25, -0.2) is 4.98 Å². The topological polar surface area (TPSA) is 48.5 Å². The number of aromatic nitrogens is 1. The number of amides is 1. The van der Waals surface area contributed by atoms with Crippen LogP contribution in [-0.2, 0) is 0 Å². The van der Waals surface area contributed by atoms with Crippen molar-refractivity contribution in [1.82, 2.24) is 9.88 Å². The smallest absolute Gasteiger partial charge is 0.256 e. The lowest BCUT2D eigenvalue weighted by molar-refractivity contribution is 0.102. The summed E-state index contributed by atoms with van der Waals surface area (Å²) in [7, 11) is 2.13. The van der Waals surface area contributed by atoms with Crippen LogP contribution in [0.25, 0.3) is 0 Å². The summed E-state index contributed by atoms with van der Waals surface area (Å²) in [6, 6.07) is 9.19. The SMILES string of the molecule is CN1CCN(c2nc(NC(=O)c3ccccc3)cs2)CC1. The molecule has 0 atom stereocenters. The first-order valence-corrected chi connectivity index (χ1v) is 7.86. The van der Waals surface area contributed by atoms with Crippen LogP contribution in [-0.4, -0.2) is 49.0 Å². The lowest BCUT2D eigenvalue weighted by Gasteiger charge is -2.32. The van der Waals surface area contributed by atoms with E-state index in [1.54, 1.807) is 23.5 Å². The average molecular weight is 302 g/mol. The number of benzene rings is 1. The number of nitrogens with one attached hydrogen (secondary N) is 1. The molecule has 0 aliphatic carbocycles. The van der Waals surface area contributed by atoms with E-state index in [-0.39, 0.29) is 5.91 Å². The fourth-order valence-electron chi connectivity index (χ4n) is 2.24. The number of carbonyl (C=O) groups is 1. The van der Waals surface area contributed by atoms with Gasteiger partial charge in [0.05, 0.1) is 0 Å². The number of anilines is 2. The largest absolute Gasteiger partial charge is 0.345 e. The summed E-state index contributed by atoms with van der Waals surface area (Å²) in [5, 5.41) is 5.73. The Morgan fingerprint density at radius 2 is 1.90 bits per heavy atom. The molecule has 0 radical (unpaired) electrons. The van der Waals surface area contributed by atoms with Crippen LogP contribution >= 0.6 is 11.3 Å². The number of nitrogens with zero attached hydrogens (tertiary/aromatic N) is 3. The molecule has 1 aromatic heterocycles. The molecule has 0 unspecified atom stereocenters. The lowest BCUT2D eigenvalue weighted by atomic mass is 10.2. The summed E-state index contributed by atoms with van der Waals surface area (Å²) in [5.74, 6) is 0.508. The molecule has 1 N–H and O–H groups in total. The summed E-state index contributed by atoms with van der Waals surface area (Å²) in [6.45, 7) is 4.06. The number of rotatable bonds is 3. The van der Waals surface area contributed by atoms with Crippen LogP contribution in [0.2, 0.25) is 0 Å². The number of hydrogen-bond acceptors (Lipinski definition) is 5. The summed E-state index contributed by atoms with van der Waals surface area (Å²) >= 11 is 1.58. The standard InChI is InChI=1S/C15H18N4OS/c1-18-7-9-19(10-8-18)15-17-13(11-21-15)16-14(20)12-5-3-2-4-6-12/h2-6,11H,7-10H2,1H3,(H,16,20). The molecule has 3 rings (SSSR count). The quantitative estimate of drug-likeness (QED) is 0.944. The van der Waals surface area contributed by atoms with Crippen molar-refractivity contribution in [3.63, 3.8) is 0 Å². The van der Waals surface area contributed by atoms with Gasteiger partial charge in [0.25, 0.3) is 5.91 Å². The molecule has 1 fully saturated rings. The van der Waals surface area contributed by atoms with Crippen molar-refractivity contribution in [3.8, 4) is 0 Å². The molecule has 1 amide bonds.